The van der Waals surface area contributed by atoms with E-state index in [2.05, 4.69) is 4.98 Å². The Morgan fingerprint density at radius 1 is 1.61 bits per heavy atom. The van der Waals surface area contributed by atoms with Gasteiger partial charge in [0.2, 0.25) is 0 Å². The van der Waals surface area contributed by atoms with Gasteiger partial charge in [0, 0.05) is 38.7 Å². The molecule has 2 heterocycles. The van der Waals surface area contributed by atoms with E-state index in [9.17, 15) is 9.59 Å². The number of rotatable bonds is 3. The third-order valence-corrected chi connectivity index (χ3v) is 3.19. The Bertz CT molecular complexity index is 463. The molecule has 1 aliphatic heterocycles. The van der Waals surface area contributed by atoms with Gasteiger partial charge < -0.3 is 14.6 Å². The third kappa shape index (κ3) is 2.98. The predicted octanol–water partition coefficient (Wildman–Crippen LogP) is 0.873. The normalized spacial score (nSPS) is 19.5. The van der Waals surface area contributed by atoms with Gasteiger partial charge in [0.05, 0.1) is 6.61 Å². The van der Waals surface area contributed by atoms with Crippen molar-refractivity contribution in [3.05, 3.63) is 34.2 Å². The van der Waals surface area contributed by atoms with Gasteiger partial charge in [0.1, 0.15) is 5.56 Å². The summed E-state index contributed by atoms with van der Waals surface area (Å²) in [4.78, 5) is 28.0. The highest BCUT2D eigenvalue weighted by atomic mass is 16.5. The number of aromatic amines is 1. The summed E-state index contributed by atoms with van der Waals surface area (Å²) in [5, 5.41) is 0. The number of nitrogens with zero attached hydrogens (tertiary/aromatic N) is 1. The molecule has 0 bridgehead atoms. The Balaban J connectivity index is 2.00. The van der Waals surface area contributed by atoms with Gasteiger partial charge in [-0.05, 0) is 18.8 Å². The first-order chi connectivity index (χ1) is 8.68. The van der Waals surface area contributed by atoms with Crippen LogP contribution in [-0.2, 0) is 4.74 Å². The van der Waals surface area contributed by atoms with Crippen LogP contribution in [0.4, 0.5) is 0 Å². The minimum Gasteiger partial charge on any atom is -0.381 e. The maximum absolute atomic E-state index is 12.1. The summed E-state index contributed by atoms with van der Waals surface area (Å²) >= 11 is 0. The quantitative estimate of drug-likeness (QED) is 0.866. The van der Waals surface area contributed by atoms with Crippen LogP contribution >= 0.6 is 0 Å². The molecule has 0 saturated carbocycles. The zero-order valence-electron chi connectivity index (χ0n) is 10.5. The number of carbonyl (C=O) groups excluding carboxylic acids is 1. The molecule has 1 saturated heterocycles. The largest absolute Gasteiger partial charge is 0.381 e. The molecule has 0 aromatic carbocycles. The molecule has 1 aliphatic rings. The minimum atomic E-state index is -0.245. The number of aromatic nitrogens is 1. The van der Waals surface area contributed by atoms with Gasteiger partial charge in [-0.1, -0.05) is 0 Å². The number of H-pyrrole nitrogens is 1. The van der Waals surface area contributed by atoms with Crippen LogP contribution in [0.25, 0.3) is 0 Å². The molecule has 5 nitrogen and oxygen atoms in total. The van der Waals surface area contributed by atoms with E-state index in [1.165, 1.54) is 18.5 Å². The van der Waals surface area contributed by atoms with Crippen molar-refractivity contribution in [1.29, 1.82) is 0 Å². The second-order valence-corrected chi connectivity index (χ2v) is 4.69. The van der Waals surface area contributed by atoms with E-state index in [1.807, 2.05) is 0 Å². The molecule has 2 rings (SSSR count). The molecule has 1 aromatic heterocycles. The van der Waals surface area contributed by atoms with Gasteiger partial charge in [-0.15, -0.1) is 0 Å². The molecule has 0 spiro atoms. The zero-order chi connectivity index (χ0) is 13.0. The Hall–Kier alpha value is -1.62. The van der Waals surface area contributed by atoms with Gasteiger partial charge in [-0.2, -0.15) is 0 Å². The van der Waals surface area contributed by atoms with Crippen molar-refractivity contribution in [3.63, 3.8) is 0 Å². The molecule has 98 valence electrons. The van der Waals surface area contributed by atoms with Crippen molar-refractivity contribution < 1.29 is 9.53 Å². The van der Waals surface area contributed by atoms with Crippen LogP contribution in [0.1, 0.15) is 23.2 Å². The fourth-order valence-electron chi connectivity index (χ4n) is 2.21. The van der Waals surface area contributed by atoms with E-state index < -0.39 is 0 Å². The molecule has 5 heteroatoms. The van der Waals surface area contributed by atoms with Crippen LogP contribution in [0.3, 0.4) is 0 Å². The zero-order valence-corrected chi connectivity index (χ0v) is 10.5. The average molecular weight is 250 g/mol. The maximum atomic E-state index is 12.1. The van der Waals surface area contributed by atoms with Crippen LogP contribution in [0.2, 0.25) is 0 Å². The smallest absolute Gasteiger partial charge is 0.259 e. The highest BCUT2D eigenvalue weighted by molar-refractivity contribution is 5.93. The number of nitrogens with one attached hydrogen (secondary N) is 1. The van der Waals surface area contributed by atoms with Crippen LogP contribution in [0.5, 0.6) is 0 Å². The first-order valence-electron chi connectivity index (χ1n) is 6.19. The highest BCUT2D eigenvalue weighted by Crippen LogP contribution is 2.14. The first-order valence-corrected chi connectivity index (χ1v) is 6.19. The summed E-state index contributed by atoms with van der Waals surface area (Å²) in [6.07, 6.45) is 5.09. The molecule has 1 N–H and O–H groups in total. The second kappa shape index (κ2) is 5.82. The van der Waals surface area contributed by atoms with Crippen LogP contribution in [0, 0.1) is 5.92 Å². The van der Waals surface area contributed by atoms with Crippen molar-refractivity contribution in [1.82, 2.24) is 9.88 Å². The Labute approximate surface area is 106 Å². The van der Waals surface area contributed by atoms with Crippen molar-refractivity contribution >= 4 is 5.91 Å². The lowest BCUT2D eigenvalue weighted by Gasteiger charge is -2.27. The van der Waals surface area contributed by atoms with E-state index in [0.29, 0.717) is 19.1 Å². The average Bonchev–Trinajstić information content (AvgIpc) is 2.39. The summed E-state index contributed by atoms with van der Waals surface area (Å²) < 4.78 is 5.39. The molecule has 0 aliphatic carbocycles. The van der Waals surface area contributed by atoms with Crippen molar-refractivity contribution in [2.24, 2.45) is 5.92 Å². The lowest BCUT2D eigenvalue weighted by molar-refractivity contribution is 0.0388. The standard InChI is InChI=1S/C13H18N2O3/c1-15(8-10-3-2-6-18-9-10)13(17)11-7-14-5-4-12(11)16/h4-5,7,10H,2-3,6,8-9H2,1H3,(H,14,16). The number of hydrogen-bond donors (Lipinski definition) is 1. The number of carbonyl (C=O) groups is 1. The topological polar surface area (TPSA) is 62.4 Å². The summed E-state index contributed by atoms with van der Waals surface area (Å²) in [6.45, 7) is 2.14. The lowest BCUT2D eigenvalue weighted by Crippen LogP contribution is -2.37. The van der Waals surface area contributed by atoms with Crippen molar-refractivity contribution in [2.75, 3.05) is 26.8 Å². The molecular formula is C13H18N2O3. The molecule has 1 aromatic rings. The van der Waals surface area contributed by atoms with Crippen LogP contribution in [0.15, 0.2) is 23.3 Å². The molecule has 18 heavy (non-hydrogen) atoms. The second-order valence-electron chi connectivity index (χ2n) is 4.69. The highest BCUT2D eigenvalue weighted by Gasteiger charge is 2.20. The van der Waals surface area contributed by atoms with E-state index in [-0.39, 0.29) is 16.9 Å². The Morgan fingerprint density at radius 2 is 2.44 bits per heavy atom. The fourth-order valence-corrected chi connectivity index (χ4v) is 2.21. The van der Waals surface area contributed by atoms with Crippen molar-refractivity contribution in [2.45, 2.75) is 12.8 Å². The van der Waals surface area contributed by atoms with Gasteiger partial charge in [-0.25, -0.2) is 0 Å². The SMILES string of the molecule is CN(CC1CCCOC1)C(=O)c1c[nH]ccc1=O. The molecule has 1 atom stereocenters. The molecular weight excluding hydrogens is 232 g/mol. The van der Waals surface area contributed by atoms with E-state index >= 15 is 0 Å². The van der Waals surface area contributed by atoms with Gasteiger partial charge in [0.15, 0.2) is 5.43 Å². The van der Waals surface area contributed by atoms with E-state index in [4.69, 9.17) is 4.74 Å². The third-order valence-electron chi connectivity index (χ3n) is 3.19. The summed E-state index contributed by atoms with van der Waals surface area (Å²) in [6, 6.07) is 1.37. The molecule has 0 radical (unpaired) electrons. The maximum Gasteiger partial charge on any atom is 0.259 e. The van der Waals surface area contributed by atoms with Gasteiger partial charge in [0.25, 0.3) is 5.91 Å². The summed E-state index contributed by atoms with van der Waals surface area (Å²) in [5.41, 5.74) is -0.0535. The monoisotopic (exact) mass is 250 g/mol. The van der Waals surface area contributed by atoms with Crippen molar-refractivity contribution in [3.8, 4) is 0 Å². The Morgan fingerprint density at radius 3 is 3.11 bits per heavy atom. The van der Waals surface area contributed by atoms with Gasteiger partial charge in [-0.3, -0.25) is 9.59 Å². The fraction of sp³-hybridized carbons (Fsp3) is 0.538. The van der Waals surface area contributed by atoms with E-state index in [0.717, 1.165) is 19.4 Å². The van der Waals surface area contributed by atoms with Crippen LogP contribution in [-0.4, -0.2) is 42.6 Å². The minimum absolute atomic E-state index is 0.191. The number of pyridine rings is 1. The lowest BCUT2D eigenvalue weighted by atomic mass is 10.0. The summed E-state index contributed by atoms with van der Waals surface area (Å²) in [7, 11) is 1.73. The summed E-state index contributed by atoms with van der Waals surface area (Å²) in [5.74, 6) is 0.137. The van der Waals surface area contributed by atoms with Crippen LogP contribution < -0.4 is 5.43 Å². The number of hydrogen-bond acceptors (Lipinski definition) is 3. The van der Waals surface area contributed by atoms with Gasteiger partial charge >= 0.3 is 0 Å². The molecule has 1 amide bonds. The molecule has 1 unspecified atom stereocenters. The molecule has 1 fully saturated rings. The Kier molecular flexibility index (Phi) is 4.15. The first kappa shape index (κ1) is 12.8. The number of amides is 1. The number of ether oxygens (including phenoxy) is 1. The van der Waals surface area contributed by atoms with E-state index in [1.54, 1.807) is 11.9 Å². The predicted molar refractivity (Wildman–Crippen MR) is 67.6 cm³/mol.